The van der Waals surface area contributed by atoms with Gasteiger partial charge in [-0.15, -0.1) is 0 Å². The van der Waals surface area contributed by atoms with Crippen molar-refractivity contribution in [1.82, 2.24) is 30.3 Å². The van der Waals surface area contributed by atoms with E-state index in [1.165, 1.54) is 6.33 Å². The molecule has 0 aliphatic carbocycles. The smallest absolute Gasteiger partial charge is 0.232 e. The quantitative estimate of drug-likeness (QED) is 0.520. The summed E-state index contributed by atoms with van der Waals surface area (Å²) in [7, 11) is 1.84. The second-order valence-corrected chi connectivity index (χ2v) is 6.78. The molecular weight excluding hydrogens is 370 g/mol. The summed E-state index contributed by atoms with van der Waals surface area (Å²) >= 11 is 0. The van der Waals surface area contributed by atoms with Crippen LogP contribution in [0.2, 0.25) is 0 Å². The van der Waals surface area contributed by atoms with Crippen LogP contribution in [0.3, 0.4) is 0 Å². The fraction of sp³-hybridized carbons (Fsp3) is 0.500. The van der Waals surface area contributed by atoms with Gasteiger partial charge in [-0.2, -0.15) is 5.10 Å². The highest BCUT2D eigenvalue weighted by Gasteiger charge is 2.27. The van der Waals surface area contributed by atoms with Gasteiger partial charge in [0.1, 0.15) is 18.7 Å². The molecule has 1 aromatic carbocycles. The molecule has 1 unspecified atom stereocenters. The van der Waals surface area contributed by atoms with Gasteiger partial charge >= 0.3 is 0 Å². The van der Waals surface area contributed by atoms with Crippen molar-refractivity contribution in [1.29, 1.82) is 0 Å². The lowest BCUT2D eigenvalue weighted by Crippen LogP contribution is -2.47. The number of amides is 1. The number of rotatable bonds is 7. The molecule has 2 aromatic rings. The van der Waals surface area contributed by atoms with E-state index >= 15 is 0 Å². The van der Waals surface area contributed by atoms with Crippen molar-refractivity contribution in [2.45, 2.75) is 19.4 Å². The Kier molecular flexibility index (Phi) is 7.57. The summed E-state index contributed by atoms with van der Waals surface area (Å²) in [5, 5.41) is 10.6. The lowest BCUT2D eigenvalue weighted by atomic mass is 9.97. The molecule has 2 heterocycles. The number of carbonyl (C=O) groups is 1. The summed E-state index contributed by atoms with van der Waals surface area (Å²) in [5.74, 6) is 1.22. The van der Waals surface area contributed by atoms with Crippen LogP contribution in [0.15, 0.2) is 41.7 Å². The number of hydrogen-bond donors (Lipinski definition) is 2. The molecule has 0 saturated carbocycles. The summed E-state index contributed by atoms with van der Waals surface area (Å²) < 4.78 is 7.09. The Morgan fingerprint density at radius 2 is 2.00 bits per heavy atom. The summed E-state index contributed by atoms with van der Waals surface area (Å²) in [6.07, 6.45) is 1.51. The molecule has 3 rings (SSSR count). The minimum absolute atomic E-state index is 0.108. The van der Waals surface area contributed by atoms with Crippen LogP contribution in [0.4, 0.5) is 0 Å². The van der Waals surface area contributed by atoms with Gasteiger partial charge in [0.05, 0.1) is 19.1 Å². The van der Waals surface area contributed by atoms with Gasteiger partial charge in [0, 0.05) is 33.2 Å². The van der Waals surface area contributed by atoms with Crippen LogP contribution in [0, 0.1) is 0 Å². The van der Waals surface area contributed by atoms with E-state index < -0.39 is 0 Å². The maximum absolute atomic E-state index is 13.2. The number of ether oxygens (including phenoxy) is 1. The van der Waals surface area contributed by atoms with Crippen molar-refractivity contribution in [3.05, 3.63) is 48.0 Å². The number of morpholine rings is 1. The summed E-state index contributed by atoms with van der Waals surface area (Å²) in [6.45, 7) is 6.01. The van der Waals surface area contributed by atoms with E-state index in [9.17, 15) is 4.79 Å². The Morgan fingerprint density at radius 1 is 1.24 bits per heavy atom. The normalized spacial score (nSPS) is 15.8. The summed E-state index contributed by atoms with van der Waals surface area (Å²) in [4.78, 5) is 23.9. The standard InChI is InChI=1S/C20H29N7O2/c1-3-21-20(23-14-18-24-15-25-26(18)2)22-13-17(16-7-5-4-6-8-16)19(28)27-9-11-29-12-10-27/h4-8,15,17H,3,9-14H2,1-2H3,(H2,21,22,23). The van der Waals surface area contributed by atoms with E-state index in [2.05, 4.69) is 25.7 Å². The zero-order chi connectivity index (χ0) is 20.5. The fourth-order valence-corrected chi connectivity index (χ4v) is 3.19. The Balaban J connectivity index is 1.71. The van der Waals surface area contributed by atoms with Gasteiger partial charge in [0.2, 0.25) is 5.91 Å². The lowest BCUT2D eigenvalue weighted by molar-refractivity contribution is -0.136. The molecule has 1 aliphatic rings. The Bertz CT molecular complexity index is 800. The molecule has 1 fully saturated rings. The highest BCUT2D eigenvalue weighted by Crippen LogP contribution is 2.18. The first kappa shape index (κ1) is 20.8. The number of aryl methyl sites for hydroxylation is 1. The molecule has 156 valence electrons. The third-order valence-electron chi connectivity index (χ3n) is 4.82. The van der Waals surface area contributed by atoms with Gasteiger partial charge < -0.3 is 20.3 Å². The number of benzene rings is 1. The van der Waals surface area contributed by atoms with Gasteiger partial charge in [-0.1, -0.05) is 30.3 Å². The molecule has 0 bridgehead atoms. The SMILES string of the molecule is CCNC(=NCc1ncnn1C)NCC(C(=O)N1CCOCC1)c1ccccc1. The van der Waals surface area contributed by atoms with E-state index in [1.807, 2.05) is 49.2 Å². The molecule has 1 amide bonds. The van der Waals surface area contributed by atoms with Crippen LogP contribution >= 0.6 is 0 Å². The summed E-state index contributed by atoms with van der Waals surface area (Å²) in [5.41, 5.74) is 0.987. The van der Waals surface area contributed by atoms with Crippen molar-refractivity contribution in [2.24, 2.45) is 12.0 Å². The van der Waals surface area contributed by atoms with E-state index in [0.717, 1.165) is 17.9 Å². The van der Waals surface area contributed by atoms with Crippen LogP contribution in [0.25, 0.3) is 0 Å². The zero-order valence-corrected chi connectivity index (χ0v) is 17.0. The third-order valence-corrected chi connectivity index (χ3v) is 4.82. The van der Waals surface area contributed by atoms with Gasteiger partial charge in [-0.05, 0) is 12.5 Å². The van der Waals surface area contributed by atoms with Gasteiger partial charge in [0.25, 0.3) is 0 Å². The highest BCUT2D eigenvalue weighted by molar-refractivity contribution is 5.86. The fourth-order valence-electron chi connectivity index (χ4n) is 3.19. The number of aliphatic imine (C=N–C) groups is 1. The number of carbonyl (C=O) groups excluding carboxylic acids is 1. The lowest BCUT2D eigenvalue weighted by Gasteiger charge is -2.31. The van der Waals surface area contributed by atoms with E-state index in [0.29, 0.717) is 45.4 Å². The van der Waals surface area contributed by atoms with Gasteiger partial charge in [-0.3, -0.25) is 9.48 Å². The molecule has 29 heavy (non-hydrogen) atoms. The number of nitrogens with one attached hydrogen (secondary N) is 2. The monoisotopic (exact) mass is 399 g/mol. The summed E-state index contributed by atoms with van der Waals surface area (Å²) in [6, 6.07) is 9.87. The number of hydrogen-bond acceptors (Lipinski definition) is 5. The predicted molar refractivity (Wildman–Crippen MR) is 110 cm³/mol. The molecule has 1 aliphatic heterocycles. The first-order chi connectivity index (χ1) is 14.2. The average Bonchev–Trinajstić information content (AvgIpc) is 3.18. The van der Waals surface area contributed by atoms with Crippen molar-refractivity contribution in [2.75, 3.05) is 39.4 Å². The predicted octanol–water partition coefficient (Wildman–Crippen LogP) is 0.513. The van der Waals surface area contributed by atoms with Crippen molar-refractivity contribution in [3.63, 3.8) is 0 Å². The van der Waals surface area contributed by atoms with Gasteiger partial charge in [-0.25, -0.2) is 9.98 Å². The largest absolute Gasteiger partial charge is 0.378 e. The molecule has 1 atom stereocenters. The van der Waals surface area contributed by atoms with Gasteiger partial charge in [0.15, 0.2) is 5.96 Å². The Hall–Kier alpha value is -2.94. The van der Waals surface area contributed by atoms with Crippen molar-refractivity contribution in [3.8, 4) is 0 Å². The third kappa shape index (κ3) is 5.77. The van der Waals surface area contributed by atoms with Crippen LogP contribution in [0.5, 0.6) is 0 Å². The Labute approximate surface area is 171 Å². The van der Waals surface area contributed by atoms with E-state index in [4.69, 9.17) is 4.74 Å². The van der Waals surface area contributed by atoms with Crippen LogP contribution < -0.4 is 10.6 Å². The first-order valence-corrected chi connectivity index (χ1v) is 9.95. The zero-order valence-electron chi connectivity index (χ0n) is 17.0. The van der Waals surface area contributed by atoms with Crippen LogP contribution in [0.1, 0.15) is 24.2 Å². The van der Waals surface area contributed by atoms with Crippen LogP contribution in [-0.2, 0) is 23.1 Å². The number of nitrogens with zero attached hydrogens (tertiary/aromatic N) is 5. The topological polar surface area (TPSA) is 96.7 Å². The second kappa shape index (κ2) is 10.6. The Morgan fingerprint density at radius 3 is 2.66 bits per heavy atom. The first-order valence-electron chi connectivity index (χ1n) is 9.95. The maximum atomic E-state index is 13.2. The molecule has 9 heteroatoms. The van der Waals surface area contributed by atoms with Crippen molar-refractivity contribution >= 4 is 11.9 Å². The molecule has 1 saturated heterocycles. The average molecular weight is 399 g/mol. The van der Waals surface area contributed by atoms with E-state index in [1.54, 1.807) is 4.68 Å². The minimum Gasteiger partial charge on any atom is -0.378 e. The van der Waals surface area contributed by atoms with Crippen molar-refractivity contribution < 1.29 is 9.53 Å². The van der Waals surface area contributed by atoms with E-state index in [-0.39, 0.29) is 11.8 Å². The highest BCUT2D eigenvalue weighted by atomic mass is 16.5. The van der Waals surface area contributed by atoms with Crippen LogP contribution in [-0.4, -0.2) is 70.9 Å². The number of aromatic nitrogens is 3. The molecular formula is C20H29N7O2. The molecule has 0 radical (unpaired) electrons. The minimum atomic E-state index is -0.298. The number of guanidine groups is 1. The molecule has 1 aromatic heterocycles. The second-order valence-electron chi connectivity index (χ2n) is 6.78. The molecule has 0 spiro atoms. The molecule has 9 nitrogen and oxygen atoms in total. The maximum Gasteiger partial charge on any atom is 0.232 e. The molecule has 2 N–H and O–H groups in total.